The summed E-state index contributed by atoms with van der Waals surface area (Å²) in [6.07, 6.45) is 0.708. The molecule has 0 aliphatic carbocycles. The highest BCUT2D eigenvalue weighted by molar-refractivity contribution is 7.94. The maximum atomic E-state index is 12.8. The summed E-state index contributed by atoms with van der Waals surface area (Å²) in [5.41, 5.74) is 1.46. The fourth-order valence-corrected chi connectivity index (χ4v) is 4.92. The number of rotatable bonds is 8. The van der Waals surface area contributed by atoms with E-state index in [0.29, 0.717) is 19.5 Å². The van der Waals surface area contributed by atoms with Gasteiger partial charge in [0.1, 0.15) is 9.96 Å². The van der Waals surface area contributed by atoms with Crippen molar-refractivity contribution < 1.29 is 18.3 Å². The molecule has 0 spiro atoms. The molecule has 0 fully saturated rings. The second-order valence-electron chi connectivity index (χ2n) is 6.39. The minimum atomic E-state index is -3.72. The van der Waals surface area contributed by atoms with E-state index in [0.717, 1.165) is 16.9 Å². The van der Waals surface area contributed by atoms with E-state index in [9.17, 15) is 18.3 Å². The lowest BCUT2D eigenvalue weighted by Gasteiger charge is -2.21. The maximum Gasteiger partial charge on any atom is 0.271 e. The van der Waals surface area contributed by atoms with Gasteiger partial charge in [-0.25, -0.2) is 8.42 Å². The normalized spacial score (nSPS) is 11.2. The third kappa shape index (κ3) is 5.16. The van der Waals surface area contributed by atoms with Crippen LogP contribution >= 0.6 is 11.3 Å². The second kappa shape index (κ2) is 9.11. The summed E-state index contributed by atoms with van der Waals surface area (Å²) >= 11 is 1.10. The molecule has 0 aliphatic rings. The number of phenols is 1. The van der Waals surface area contributed by atoms with E-state index >= 15 is 0 Å². The number of carbonyl (C=O) groups excluding carboxylic acids is 1. The van der Waals surface area contributed by atoms with E-state index in [2.05, 4.69) is 4.72 Å². The molecule has 2 aromatic carbocycles. The molecule has 1 aromatic heterocycles. The van der Waals surface area contributed by atoms with Crippen molar-refractivity contribution in [1.82, 2.24) is 4.90 Å². The minimum Gasteiger partial charge on any atom is -0.507 e. The SMILES string of the molecule is CCN(CCc1ccccc1)C(=O)c1ccc(NS(=O)(=O)c2cccs2)cc1O. The number of nitrogens with zero attached hydrogens (tertiary/aromatic N) is 1. The van der Waals surface area contributed by atoms with Crippen LogP contribution in [0.2, 0.25) is 0 Å². The Hall–Kier alpha value is -2.84. The molecule has 6 nitrogen and oxygen atoms in total. The first-order valence-corrected chi connectivity index (χ1v) is 11.5. The van der Waals surface area contributed by atoms with Gasteiger partial charge < -0.3 is 10.0 Å². The average molecular weight is 431 g/mol. The number of anilines is 1. The van der Waals surface area contributed by atoms with Gasteiger partial charge in [-0.1, -0.05) is 36.4 Å². The van der Waals surface area contributed by atoms with Crippen molar-refractivity contribution in [2.45, 2.75) is 17.6 Å². The lowest BCUT2D eigenvalue weighted by Crippen LogP contribution is -2.32. The van der Waals surface area contributed by atoms with Gasteiger partial charge in [0.15, 0.2) is 0 Å². The monoisotopic (exact) mass is 430 g/mol. The van der Waals surface area contributed by atoms with Crippen molar-refractivity contribution in [3.8, 4) is 5.75 Å². The molecule has 0 bridgehead atoms. The summed E-state index contributed by atoms with van der Waals surface area (Å²) in [4.78, 5) is 14.5. The van der Waals surface area contributed by atoms with Crippen molar-refractivity contribution in [2.75, 3.05) is 17.8 Å². The number of phenolic OH excluding ortho intramolecular Hbond substituents is 1. The number of benzene rings is 2. The largest absolute Gasteiger partial charge is 0.507 e. The number of sulfonamides is 1. The van der Waals surface area contributed by atoms with Gasteiger partial charge in [-0.3, -0.25) is 9.52 Å². The predicted molar refractivity (Wildman–Crippen MR) is 115 cm³/mol. The van der Waals surface area contributed by atoms with Crippen LogP contribution in [0.4, 0.5) is 5.69 Å². The molecular formula is C21H22N2O4S2. The highest BCUT2D eigenvalue weighted by Crippen LogP contribution is 2.26. The van der Waals surface area contributed by atoms with Gasteiger partial charge in [0, 0.05) is 19.2 Å². The van der Waals surface area contributed by atoms with Gasteiger partial charge in [-0.05, 0) is 42.5 Å². The Morgan fingerprint density at radius 2 is 1.86 bits per heavy atom. The summed E-state index contributed by atoms with van der Waals surface area (Å²) in [5.74, 6) is -0.562. The Balaban J connectivity index is 1.72. The van der Waals surface area contributed by atoms with Crippen LogP contribution in [-0.2, 0) is 16.4 Å². The standard InChI is InChI=1S/C21H22N2O4S2/c1-2-23(13-12-16-7-4-3-5-8-16)21(25)18-11-10-17(15-19(18)24)22-29(26,27)20-9-6-14-28-20/h3-11,14-15,22,24H,2,12-13H2,1H3. The van der Waals surface area contributed by atoms with Crippen LogP contribution in [0.5, 0.6) is 5.75 Å². The van der Waals surface area contributed by atoms with E-state index < -0.39 is 10.0 Å². The minimum absolute atomic E-state index is 0.138. The predicted octanol–water partition coefficient (Wildman–Crippen LogP) is 3.96. The second-order valence-corrected chi connectivity index (χ2v) is 9.25. The molecule has 3 aromatic rings. The average Bonchev–Trinajstić information content (AvgIpc) is 3.25. The van der Waals surface area contributed by atoms with Crippen LogP contribution in [0.3, 0.4) is 0 Å². The zero-order valence-corrected chi connectivity index (χ0v) is 17.5. The number of thiophene rings is 1. The molecule has 0 atom stereocenters. The fraction of sp³-hybridized carbons (Fsp3) is 0.190. The summed E-state index contributed by atoms with van der Waals surface area (Å²) in [6.45, 7) is 2.90. The number of hydrogen-bond donors (Lipinski definition) is 2. The molecule has 3 rings (SSSR count). The maximum absolute atomic E-state index is 12.8. The molecule has 0 radical (unpaired) electrons. The highest BCUT2D eigenvalue weighted by atomic mass is 32.2. The van der Waals surface area contributed by atoms with Crippen LogP contribution in [-0.4, -0.2) is 37.4 Å². The molecule has 0 unspecified atom stereocenters. The molecule has 29 heavy (non-hydrogen) atoms. The number of carbonyl (C=O) groups is 1. The van der Waals surface area contributed by atoms with Gasteiger partial charge in [0.2, 0.25) is 0 Å². The molecule has 1 heterocycles. The highest BCUT2D eigenvalue weighted by Gasteiger charge is 2.20. The number of amides is 1. The van der Waals surface area contributed by atoms with Gasteiger partial charge >= 0.3 is 0 Å². The quantitative estimate of drug-likeness (QED) is 0.566. The van der Waals surface area contributed by atoms with Crippen molar-refractivity contribution in [3.05, 3.63) is 77.2 Å². The first kappa shape index (κ1) is 20.9. The Morgan fingerprint density at radius 1 is 1.10 bits per heavy atom. The Bertz CT molecular complexity index is 1070. The lowest BCUT2D eigenvalue weighted by molar-refractivity contribution is 0.0763. The van der Waals surface area contributed by atoms with E-state index in [1.54, 1.807) is 16.3 Å². The van der Waals surface area contributed by atoms with Crippen molar-refractivity contribution in [2.24, 2.45) is 0 Å². The van der Waals surface area contributed by atoms with Crippen molar-refractivity contribution in [3.63, 3.8) is 0 Å². The Morgan fingerprint density at radius 3 is 2.48 bits per heavy atom. The Labute approximate surface area is 174 Å². The van der Waals surface area contributed by atoms with Crippen LogP contribution in [0.15, 0.2) is 70.3 Å². The summed E-state index contributed by atoms with van der Waals surface area (Å²) < 4.78 is 27.2. The number of likely N-dealkylation sites (N-methyl/N-ethyl adjacent to an activating group) is 1. The van der Waals surface area contributed by atoms with Gasteiger partial charge in [-0.2, -0.15) is 0 Å². The molecule has 2 N–H and O–H groups in total. The zero-order chi connectivity index (χ0) is 20.9. The fourth-order valence-electron chi connectivity index (χ4n) is 2.88. The molecule has 0 saturated heterocycles. The van der Waals surface area contributed by atoms with Crippen LogP contribution < -0.4 is 4.72 Å². The van der Waals surface area contributed by atoms with E-state index in [4.69, 9.17) is 0 Å². The summed E-state index contributed by atoms with van der Waals surface area (Å²) in [7, 11) is -3.72. The van der Waals surface area contributed by atoms with Gasteiger partial charge in [-0.15, -0.1) is 11.3 Å². The van der Waals surface area contributed by atoms with Crippen molar-refractivity contribution in [1.29, 1.82) is 0 Å². The molecule has 1 amide bonds. The van der Waals surface area contributed by atoms with Gasteiger partial charge in [0.25, 0.3) is 15.9 Å². The number of aromatic hydroxyl groups is 1. The van der Waals surface area contributed by atoms with E-state index in [1.807, 2.05) is 37.3 Å². The molecule has 0 saturated carbocycles. The van der Waals surface area contributed by atoms with Crippen LogP contribution in [0, 0.1) is 0 Å². The van der Waals surface area contributed by atoms with E-state index in [-0.39, 0.29) is 27.1 Å². The third-order valence-electron chi connectivity index (χ3n) is 4.42. The summed E-state index contributed by atoms with van der Waals surface area (Å²) in [6, 6.07) is 17.2. The lowest BCUT2D eigenvalue weighted by atomic mass is 10.1. The number of hydrogen-bond acceptors (Lipinski definition) is 5. The molecular weight excluding hydrogens is 408 g/mol. The smallest absolute Gasteiger partial charge is 0.271 e. The molecule has 0 aliphatic heterocycles. The summed E-state index contributed by atoms with van der Waals surface area (Å²) in [5, 5.41) is 12.0. The van der Waals surface area contributed by atoms with E-state index in [1.165, 1.54) is 24.3 Å². The van der Waals surface area contributed by atoms with Crippen LogP contribution in [0.1, 0.15) is 22.8 Å². The van der Waals surface area contributed by atoms with Gasteiger partial charge in [0.05, 0.1) is 11.3 Å². The van der Waals surface area contributed by atoms with Crippen LogP contribution in [0.25, 0.3) is 0 Å². The topological polar surface area (TPSA) is 86.7 Å². The zero-order valence-electron chi connectivity index (χ0n) is 15.9. The number of nitrogens with one attached hydrogen (secondary N) is 1. The molecule has 152 valence electrons. The van der Waals surface area contributed by atoms with Crippen molar-refractivity contribution >= 4 is 33.0 Å². The Kier molecular flexibility index (Phi) is 6.56. The first-order valence-electron chi connectivity index (χ1n) is 9.13. The molecule has 8 heteroatoms. The first-order chi connectivity index (χ1) is 13.9. The third-order valence-corrected chi connectivity index (χ3v) is 7.20.